The van der Waals surface area contributed by atoms with Crippen molar-refractivity contribution < 1.29 is 14.7 Å². The fourth-order valence-corrected chi connectivity index (χ4v) is 4.00. The van der Waals surface area contributed by atoms with E-state index in [1.807, 2.05) is 6.92 Å². The molecule has 1 aliphatic rings. The molecule has 2 atom stereocenters. The normalized spacial score (nSPS) is 22.0. The number of carbonyl (C=O) groups is 2. The summed E-state index contributed by atoms with van der Waals surface area (Å²) in [5.41, 5.74) is 0.365. The van der Waals surface area contributed by atoms with Gasteiger partial charge in [0.1, 0.15) is 6.04 Å². The number of rotatable bonds is 4. The Morgan fingerprint density at radius 3 is 2.75 bits per heavy atom. The Morgan fingerprint density at radius 1 is 1.45 bits per heavy atom. The molecular formula is C14H16ClNO3S. The fraction of sp³-hybridized carbons (Fsp3) is 0.429. The molecule has 4 nitrogen and oxygen atoms in total. The van der Waals surface area contributed by atoms with E-state index in [4.69, 9.17) is 11.6 Å². The fourth-order valence-electron chi connectivity index (χ4n) is 2.27. The highest BCUT2D eigenvalue weighted by Crippen LogP contribution is 2.34. The zero-order chi connectivity index (χ0) is 14.7. The molecule has 1 aromatic rings. The zero-order valence-electron chi connectivity index (χ0n) is 11.1. The summed E-state index contributed by atoms with van der Waals surface area (Å²) in [5, 5.41) is 9.56. The van der Waals surface area contributed by atoms with Crippen LogP contribution in [0.15, 0.2) is 24.3 Å². The molecular weight excluding hydrogens is 298 g/mol. The molecule has 1 saturated heterocycles. The first-order valence-corrected chi connectivity index (χ1v) is 7.90. The van der Waals surface area contributed by atoms with Crippen LogP contribution < -0.4 is 0 Å². The van der Waals surface area contributed by atoms with Crippen LogP contribution in [-0.4, -0.2) is 39.1 Å². The lowest BCUT2D eigenvalue weighted by atomic mass is 10.1. The summed E-state index contributed by atoms with van der Waals surface area (Å²) in [7, 11) is 0. The van der Waals surface area contributed by atoms with Gasteiger partial charge in [-0.2, -0.15) is 0 Å². The smallest absolute Gasteiger partial charge is 0.327 e. The van der Waals surface area contributed by atoms with Gasteiger partial charge >= 0.3 is 5.97 Å². The van der Waals surface area contributed by atoms with E-state index in [1.54, 1.807) is 24.3 Å². The third-order valence-corrected chi connectivity index (χ3v) is 4.94. The summed E-state index contributed by atoms with van der Waals surface area (Å²) in [6.07, 6.45) is 1.68. The van der Waals surface area contributed by atoms with E-state index >= 15 is 0 Å². The Labute approximate surface area is 127 Å². The van der Waals surface area contributed by atoms with Gasteiger partial charge in [-0.1, -0.05) is 37.1 Å². The van der Waals surface area contributed by atoms with Crippen LogP contribution in [0.2, 0.25) is 5.02 Å². The predicted molar refractivity (Wildman–Crippen MR) is 80.2 cm³/mol. The van der Waals surface area contributed by atoms with Crippen LogP contribution >= 0.6 is 23.4 Å². The van der Waals surface area contributed by atoms with Crippen molar-refractivity contribution in [1.29, 1.82) is 0 Å². The summed E-state index contributed by atoms with van der Waals surface area (Å²) >= 11 is 7.57. The Morgan fingerprint density at radius 2 is 2.15 bits per heavy atom. The average Bonchev–Trinajstić information content (AvgIpc) is 2.83. The van der Waals surface area contributed by atoms with Crippen molar-refractivity contribution in [2.24, 2.45) is 0 Å². The molecule has 2 rings (SSSR count). The number of hydrogen-bond acceptors (Lipinski definition) is 3. The monoisotopic (exact) mass is 313 g/mol. The molecule has 20 heavy (non-hydrogen) atoms. The maximum Gasteiger partial charge on any atom is 0.327 e. The third kappa shape index (κ3) is 2.94. The van der Waals surface area contributed by atoms with Gasteiger partial charge < -0.3 is 10.0 Å². The van der Waals surface area contributed by atoms with Crippen molar-refractivity contribution >= 4 is 35.2 Å². The number of nitrogens with zero attached hydrogens (tertiary/aromatic N) is 1. The first-order chi connectivity index (χ1) is 9.56. The Balaban J connectivity index is 2.32. The average molecular weight is 314 g/mol. The molecule has 0 saturated carbocycles. The Bertz CT molecular complexity index is 523. The van der Waals surface area contributed by atoms with Gasteiger partial charge in [0.05, 0.1) is 16.0 Å². The lowest BCUT2D eigenvalue weighted by Gasteiger charge is -2.27. The highest BCUT2D eigenvalue weighted by Gasteiger charge is 2.41. The largest absolute Gasteiger partial charge is 0.480 e. The molecule has 0 radical (unpaired) electrons. The van der Waals surface area contributed by atoms with Gasteiger partial charge in [-0.3, -0.25) is 4.79 Å². The second-order valence-electron chi connectivity index (χ2n) is 4.62. The first kappa shape index (κ1) is 15.2. The molecule has 0 spiro atoms. The number of carbonyl (C=O) groups excluding carboxylic acids is 1. The molecule has 1 amide bonds. The highest BCUT2D eigenvalue weighted by atomic mass is 35.5. The van der Waals surface area contributed by atoms with Crippen molar-refractivity contribution in [3.63, 3.8) is 0 Å². The molecule has 0 aromatic heterocycles. The number of thioether (sulfide) groups is 1. The van der Waals surface area contributed by atoms with Gasteiger partial charge in [0.2, 0.25) is 0 Å². The van der Waals surface area contributed by atoms with Gasteiger partial charge in [-0.25, -0.2) is 4.79 Å². The minimum atomic E-state index is -0.962. The second-order valence-corrected chi connectivity index (χ2v) is 6.24. The number of carboxylic acids is 1. The predicted octanol–water partition coefficient (Wildman–Crippen LogP) is 3.11. The molecule has 0 aliphatic carbocycles. The first-order valence-electron chi connectivity index (χ1n) is 6.47. The van der Waals surface area contributed by atoms with E-state index < -0.39 is 12.0 Å². The maximum absolute atomic E-state index is 12.6. The number of carboxylic acid groups (broad SMARTS) is 1. The van der Waals surface area contributed by atoms with Crippen molar-refractivity contribution in [2.45, 2.75) is 31.2 Å². The molecule has 1 aliphatic heterocycles. The van der Waals surface area contributed by atoms with Crippen LogP contribution in [0, 0.1) is 0 Å². The number of amides is 1. The Kier molecular flexibility index (Phi) is 4.94. The van der Waals surface area contributed by atoms with E-state index in [1.165, 1.54) is 16.7 Å². The zero-order valence-corrected chi connectivity index (χ0v) is 12.7. The van der Waals surface area contributed by atoms with Crippen LogP contribution in [-0.2, 0) is 4.79 Å². The number of hydrogen-bond donors (Lipinski definition) is 1. The molecule has 0 bridgehead atoms. The molecule has 1 fully saturated rings. The van der Waals surface area contributed by atoms with Crippen molar-refractivity contribution in [2.75, 3.05) is 5.75 Å². The summed E-state index contributed by atoms with van der Waals surface area (Å²) < 4.78 is 0. The van der Waals surface area contributed by atoms with Gasteiger partial charge in [0, 0.05) is 5.75 Å². The SMILES string of the molecule is CCCC1SCC(C(=O)O)N1C(=O)c1ccccc1Cl. The molecule has 1 aromatic carbocycles. The Hall–Kier alpha value is -1.20. The molecule has 1 N–H and O–H groups in total. The summed E-state index contributed by atoms with van der Waals surface area (Å²) in [5.74, 6) is -0.834. The van der Waals surface area contributed by atoms with Gasteiger partial charge in [-0.05, 0) is 18.6 Å². The van der Waals surface area contributed by atoms with E-state index in [0.717, 1.165) is 12.8 Å². The van der Waals surface area contributed by atoms with E-state index in [-0.39, 0.29) is 11.3 Å². The minimum absolute atomic E-state index is 0.0927. The van der Waals surface area contributed by atoms with Crippen LogP contribution in [0.5, 0.6) is 0 Å². The quantitative estimate of drug-likeness (QED) is 0.928. The van der Waals surface area contributed by atoms with Crippen molar-refractivity contribution in [3.05, 3.63) is 34.9 Å². The summed E-state index contributed by atoms with van der Waals surface area (Å²) in [6.45, 7) is 2.02. The van der Waals surface area contributed by atoms with Crippen LogP contribution in [0.4, 0.5) is 0 Å². The van der Waals surface area contributed by atoms with E-state index in [9.17, 15) is 14.7 Å². The minimum Gasteiger partial charge on any atom is -0.480 e. The topological polar surface area (TPSA) is 57.6 Å². The number of benzene rings is 1. The standard InChI is InChI=1S/C14H16ClNO3S/c1-2-5-12-16(11(8-20-12)14(18)19)13(17)9-6-3-4-7-10(9)15/h3-4,6-7,11-12H,2,5,8H2,1H3,(H,18,19). The van der Waals surface area contributed by atoms with Crippen molar-refractivity contribution in [1.82, 2.24) is 4.90 Å². The summed E-state index contributed by atoms with van der Waals surface area (Å²) in [6, 6.07) is 5.97. The van der Waals surface area contributed by atoms with E-state index in [0.29, 0.717) is 16.3 Å². The van der Waals surface area contributed by atoms with Gasteiger partial charge in [-0.15, -0.1) is 11.8 Å². The second kappa shape index (κ2) is 6.50. The van der Waals surface area contributed by atoms with Crippen LogP contribution in [0.1, 0.15) is 30.1 Å². The lowest BCUT2D eigenvalue weighted by molar-refractivity contribution is -0.141. The highest BCUT2D eigenvalue weighted by molar-refractivity contribution is 8.00. The number of aliphatic carboxylic acids is 1. The molecule has 2 unspecified atom stereocenters. The number of halogens is 1. The van der Waals surface area contributed by atoms with Crippen LogP contribution in [0.3, 0.4) is 0 Å². The third-order valence-electron chi connectivity index (χ3n) is 3.25. The van der Waals surface area contributed by atoms with Gasteiger partial charge in [0.15, 0.2) is 0 Å². The molecule has 1 heterocycles. The summed E-state index contributed by atoms with van der Waals surface area (Å²) in [4.78, 5) is 25.4. The lowest BCUT2D eigenvalue weighted by Crippen LogP contribution is -2.45. The van der Waals surface area contributed by atoms with Gasteiger partial charge in [0.25, 0.3) is 5.91 Å². The van der Waals surface area contributed by atoms with Crippen molar-refractivity contribution in [3.8, 4) is 0 Å². The molecule has 108 valence electrons. The maximum atomic E-state index is 12.6. The van der Waals surface area contributed by atoms with Crippen LogP contribution in [0.25, 0.3) is 0 Å². The van der Waals surface area contributed by atoms with E-state index in [2.05, 4.69) is 0 Å². The molecule has 6 heteroatoms.